The van der Waals surface area contributed by atoms with Gasteiger partial charge in [-0.3, -0.25) is 9.67 Å². The van der Waals surface area contributed by atoms with E-state index in [1.54, 1.807) is 0 Å². The Morgan fingerprint density at radius 3 is 2.41 bits per heavy atom. The smallest absolute Gasteiger partial charge is 0.193 e. The lowest BCUT2D eigenvalue weighted by atomic mass is 10.1. The molecule has 27 heavy (non-hydrogen) atoms. The summed E-state index contributed by atoms with van der Waals surface area (Å²) in [4.78, 5) is 6.58. The molecule has 0 saturated carbocycles. The molecule has 0 aliphatic carbocycles. The van der Waals surface area contributed by atoms with Crippen LogP contribution in [0.25, 0.3) is 0 Å². The number of aromatic nitrogens is 2. The standard InChI is InChI=1S/C21H33N5.HI/c1-7-17-8-10-18(11-9-17)12-13-23-21(22-4)25(5)14-19-15-26(6)24-20(19)16(2)3;/h8-11,15-16H,7,12-14H2,1-6H3,(H,22,23);1H. The zero-order valence-corrected chi connectivity index (χ0v) is 19.8. The van der Waals surface area contributed by atoms with E-state index in [1.165, 1.54) is 16.7 Å². The highest BCUT2D eigenvalue weighted by molar-refractivity contribution is 14.0. The van der Waals surface area contributed by atoms with Gasteiger partial charge in [-0.05, 0) is 29.9 Å². The van der Waals surface area contributed by atoms with Gasteiger partial charge in [-0.2, -0.15) is 5.10 Å². The Morgan fingerprint density at radius 2 is 1.85 bits per heavy atom. The number of rotatable bonds is 7. The number of hydrogen-bond acceptors (Lipinski definition) is 2. The number of aryl methyl sites for hydroxylation is 2. The van der Waals surface area contributed by atoms with Crippen LogP contribution in [-0.2, 0) is 26.4 Å². The fourth-order valence-corrected chi connectivity index (χ4v) is 3.14. The molecular weight excluding hydrogens is 449 g/mol. The van der Waals surface area contributed by atoms with Gasteiger partial charge in [0.05, 0.1) is 5.69 Å². The van der Waals surface area contributed by atoms with Crippen LogP contribution in [0.3, 0.4) is 0 Å². The van der Waals surface area contributed by atoms with E-state index in [9.17, 15) is 0 Å². The third kappa shape index (κ3) is 6.83. The van der Waals surface area contributed by atoms with Gasteiger partial charge in [0.2, 0.25) is 0 Å². The number of nitrogens with zero attached hydrogens (tertiary/aromatic N) is 4. The summed E-state index contributed by atoms with van der Waals surface area (Å²) in [5.74, 6) is 1.33. The quantitative estimate of drug-likeness (QED) is 0.368. The van der Waals surface area contributed by atoms with E-state index in [-0.39, 0.29) is 24.0 Å². The fourth-order valence-electron chi connectivity index (χ4n) is 3.14. The molecule has 1 heterocycles. The third-order valence-corrected chi connectivity index (χ3v) is 4.59. The fraction of sp³-hybridized carbons (Fsp3) is 0.524. The highest BCUT2D eigenvalue weighted by Crippen LogP contribution is 2.18. The molecule has 0 aliphatic heterocycles. The predicted molar refractivity (Wildman–Crippen MR) is 125 cm³/mol. The average molecular weight is 483 g/mol. The molecule has 6 heteroatoms. The first-order valence-electron chi connectivity index (χ1n) is 9.46. The summed E-state index contributed by atoms with van der Waals surface area (Å²) < 4.78 is 1.90. The molecule has 1 N–H and O–H groups in total. The molecule has 2 aromatic rings. The van der Waals surface area contributed by atoms with Gasteiger partial charge >= 0.3 is 0 Å². The number of aliphatic imine (C=N–C) groups is 1. The van der Waals surface area contributed by atoms with E-state index in [0.29, 0.717) is 5.92 Å². The molecule has 0 fully saturated rings. The van der Waals surface area contributed by atoms with Crippen LogP contribution in [0, 0.1) is 0 Å². The van der Waals surface area contributed by atoms with Gasteiger partial charge in [-0.15, -0.1) is 24.0 Å². The number of guanidine groups is 1. The largest absolute Gasteiger partial charge is 0.356 e. The lowest BCUT2D eigenvalue weighted by Gasteiger charge is -2.22. The van der Waals surface area contributed by atoms with Crippen molar-refractivity contribution in [1.82, 2.24) is 20.0 Å². The predicted octanol–water partition coefficient (Wildman–Crippen LogP) is 3.97. The molecular formula is C21H34IN5. The van der Waals surface area contributed by atoms with Crippen molar-refractivity contribution in [3.63, 3.8) is 0 Å². The SMILES string of the molecule is CCc1ccc(CCNC(=NC)N(C)Cc2cn(C)nc2C(C)C)cc1.I. The topological polar surface area (TPSA) is 45.5 Å². The molecule has 0 saturated heterocycles. The maximum absolute atomic E-state index is 4.59. The summed E-state index contributed by atoms with van der Waals surface area (Å²) in [6, 6.07) is 8.87. The molecule has 0 unspecified atom stereocenters. The average Bonchev–Trinajstić information content (AvgIpc) is 2.99. The minimum absolute atomic E-state index is 0. The summed E-state index contributed by atoms with van der Waals surface area (Å²) in [5, 5.41) is 8.06. The Labute approximate surface area is 181 Å². The number of hydrogen-bond donors (Lipinski definition) is 1. The van der Waals surface area contributed by atoms with Crippen molar-refractivity contribution in [3.8, 4) is 0 Å². The zero-order chi connectivity index (χ0) is 19.1. The van der Waals surface area contributed by atoms with Gasteiger partial charge in [-0.25, -0.2) is 0 Å². The van der Waals surface area contributed by atoms with E-state index >= 15 is 0 Å². The van der Waals surface area contributed by atoms with Crippen LogP contribution in [0.5, 0.6) is 0 Å². The summed E-state index contributed by atoms with van der Waals surface area (Å²) in [6.07, 6.45) is 4.18. The molecule has 1 aromatic carbocycles. The molecule has 2 rings (SSSR count). The Bertz CT molecular complexity index is 719. The first kappa shape index (κ1) is 23.5. The van der Waals surface area contributed by atoms with Crippen LogP contribution >= 0.6 is 24.0 Å². The lowest BCUT2D eigenvalue weighted by Crippen LogP contribution is -2.39. The van der Waals surface area contributed by atoms with E-state index in [0.717, 1.165) is 37.6 Å². The maximum atomic E-state index is 4.59. The summed E-state index contributed by atoms with van der Waals surface area (Å²) in [6.45, 7) is 8.22. The van der Waals surface area contributed by atoms with E-state index in [2.05, 4.69) is 78.6 Å². The van der Waals surface area contributed by atoms with Crippen LogP contribution in [0.15, 0.2) is 35.5 Å². The van der Waals surface area contributed by atoms with Crippen molar-refractivity contribution < 1.29 is 0 Å². The molecule has 0 bridgehead atoms. The van der Waals surface area contributed by atoms with Crippen molar-refractivity contribution in [2.45, 2.75) is 46.1 Å². The van der Waals surface area contributed by atoms with Gasteiger partial charge < -0.3 is 10.2 Å². The molecule has 150 valence electrons. The van der Waals surface area contributed by atoms with Gasteiger partial charge in [0, 0.05) is 46.0 Å². The Kier molecular flexibility index (Phi) is 9.83. The first-order valence-corrected chi connectivity index (χ1v) is 9.46. The van der Waals surface area contributed by atoms with Crippen LogP contribution in [0.2, 0.25) is 0 Å². The minimum Gasteiger partial charge on any atom is -0.356 e. The van der Waals surface area contributed by atoms with Gasteiger partial charge in [0.25, 0.3) is 0 Å². The van der Waals surface area contributed by atoms with Crippen LogP contribution in [-0.4, -0.2) is 41.3 Å². The monoisotopic (exact) mass is 483 g/mol. The van der Waals surface area contributed by atoms with Crippen molar-refractivity contribution in [2.75, 3.05) is 20.6 Å². The maximum Gasteiger partial charge on any atom is 0.193 e. The molecule has 0 atom stereocenters. The second kappa shape index (κ2) is 11.3. The first-order chi connectivity index (χ1) is 12.4. The zero-order valence-electron chi connectivity index (χ0n) is 17.5. The van der Waals surface area contributed by atoms with Crippen molar-refractivity contribution in [3.05, 3.63) is 52.8 Å². The molecule has 0 amide bonds. The van der Waals surface area contributed by atoms with Gasteiger partial charge in [0.15, 0.2) is 5.96 Å². The van der Waals surface area contributed by atoms with Crippen LogP contribution in [0.4, 0.5) is 0 Å². The number of halogens is 1. The Hall–Kier alpha value is -1.57. The van der Waals surface area contributed by atoms with Crippen LogP contribution < -0.4 is 5.32 Å². The summed E-state index contributed by atoms with van der Waals surface area (Å²) in [7, 11) is 5.89. The number of benzene rings is 1. The summed E-state index contributed by atoms with van der Waals surface area (Å²) in [5.41, 5.74) is 5.14. The highest BCUT2D eigenvalue weighted by Gasteiger charge is 2.14. The molecule has 0 spiro atoms. The van der Waals surface area contributed by atoms with Gasteiger partial charge in [-0.1, -0.05) is 45.0 Å². The highest BCUT2D eigenvalue weighted by atomic mass is 127. The Balaban J connectivity index is 0.00000364. The van der Waals surface area contributed by atoms with Crippen molar-refractivity contribution in [1.29, 1.82) is 0 Å². The Morgan fingerprint density at radius 1 is 1.22 bits per heavy atom. The van der Waals surface area contributed by atoms with E-state index < -0.39 is 0 Å². The van der Waals surface area contributed by atoms with Crippen molar-refractivity contribution in [2.24, 2.45) is 12.0 Å². The molecule has 0 aliphatic rings. The second-order valence-electron chi connectivity index (χ2n) is 7.12. The molecule has 1 aromatic heterocycles. The van der Waals surface area contributed by atoms with Crippen molar-refractivity contribution >= 4 is 29.9 Å². The normalized spacial score (nSPS) is 11.4. The van der Waals surface area contributed by atoms with E-state index in [1.807, 2.05) is 18.8 Å². The van der Waals surface area contributed by atoms with Crippen LogP contribution in [0.1, 0.15) is 49.1 Å². The minimum atomic E-state index is 0. The molecule has 0 radical (unpaired) electrons. The summed E-state index contributed by atoms with van der Waals surface area (Å²) >= 11 is 0. The van der Waals surface area contributed by atoms with Gasteiger partial charge in [0.1, 0.15) is 0 Å². The van der Waals surface area contributed by atoms with E-state index in [4.69, 9.17) is 0 Å². The third-order valence-electron chi connectivity index (χ3n) is 4.59. The second-order valence-corrected chi connectivity index (χ2v) is 7.12. The molecule has 5 nitrogen and oxygen atoms in total. The lowest BCUT2D eigenvalue weighted by molar-refractivity contribution is 0.474. The number of nitrogens with one attached hydrogen (secondary N) is 1.